The Hall–Kier alpha value is -0.810. The number of hydrogen-bond donors (Lipinski definition) is 1. The Labute approximate surface area is 135 Å². The van der Waals surface area contributed by atoms with Crippen molar-refractivity contribution >= 4 is 39.1 Å². The summed E-state index contributed by atoms with van der Waals surface area (Å²) in [6, 6.07) is 7.14. The van der Waals surface area contributed by atoms with Gasteiger partial charge in [-0.2, -0.15) is 0 Å². The molecule has 0 saturated carbocycles. The van der Waals surface area contributed by atoms with Gasteiger partial charge in [-0.1, -0.05) is 39.1 Å². The summed E-state index contributed by atoms with van der Waals surface area (Å²) in [5.74, 6) is 0.727. The van der Waals surface area contributed by atoms with Crippen molar-refractivity contribution in [3.05, 3.63) is 56.2 Å². The average Bonchev–Trinajstić information content (AvgIpc) is 2.41. The lowest BCUT2D eigenvalue weighted by atomic mass is 10.0. The van der Waals surface area contributed by atoms with Crippen LogP contribution in [-0.2, 0) is 6.42 Å². The highest BCUT2D eigenvalue weighted by Gasteiger charge is 2.16. The highest BCUT2D eigenvalue weighted by Crippen LogP contribution is 2.30. The maximum Gasteiger partial charge on any atom is 0.119 e. The SMILES string of the molecule is COc1ccc(Br)c(CC(O)c2ncc(Cl)cc2Cl)c1. The van der Waals surface area contributed by atoms with Crippen LogP contribution in [0.25, 0.3) is 0 Å². The van der Waals surface area contributed by atoms with Crippen LogP contribution in [0.15, 0.2) is 34.9 Å². The minimum atomic E-state index is -0.817. The molecule has 0 bridgehead atoms. The number of nitrogens with zero attached hydrogens (tertiary/aromatic N) is 1. The van der Waals surface area contributed by atoms with E-state index in [-0.39, 0.29) is 0 Å². The molecule has 1 aromatic carbocycles. The van der Waals surface area contributed by atoms with Gasteiger partial charge in [0.2, 0.25) is 0 Å². The molecule has 1 heterocycles. The monoisotopic (exact) mass is 375 g/mol. The molecular weight excluding hydrogens is 365 g/mol. The lowest BCUT2D eigenvalue weighted by molar-refractivity contribution is 0.173. The van der Waals surface area contributed by atoms with Crippen LogP contribution < -0.4 is 4.74 Å². The van der Waals surface area contributed by atoms with E-state index < -0.39 is 6.10 Å². The van der Waals surface area contributed by atoms with Crippen molar-refractivity contribution in [1.82, 2.24) is 4.98 Å². The molecule has 2 aromatic rings. The molecule has 1 unspecified atom stereocenters. The number of ether oxygens (including phenoxy) is 1. The van der Waals surface area contributed by atoms with Crippen molar-refractivity contribution in [2.75, 3.05) is 7.11 Å². The molecule has 2 rings (SSSR count). The quantitative estimate of drug-likeness (QED) is 0.857. The fourth-order valence-electron chi connectivity index (χ4n) is 1.81. The van der Waals surface area contributed by atoms with Gasteiger partial charge in [-0.05, 0) is 29.8 Å². The summed E-state index contributed by atoms with van der Waals surface area (Å²) in [6.45, 7) is 0. The van der Waals surface area contributed by atoms with E-state index in [9.17, 15) is 5.11 Å². The van der Waals surface area contributed by atoms with Crippen LogP contribution in [-0.4, -0.2) is 17.2 Å². The summed E-state index contributed by atoms with van der Waals surface area (Å²) in [5.41, 5.74) is 1.32. The molecular formula is C14H12BrCl2NO2. The minimum Gasteiger partial charge on any atom is -0.497 e. The Balaban J connectivity index is 2.25. The maximum atomic E-state index is 10.3. The van der Waals surface area contributed by atoms with Crippen LogP contribution in [0.2, 0.25) is 10.0 Å². The van der Waals surface area contributed by atoms with E-state index in [1.165, 1.54) is 6.20 Å². The van der Waals surface area contributed by atoms with Gasteiger partial charge in [0, 0.05) is 17.1 Å². The molecule has 0 aliphatic carbocycles. The molecule has 6 heteroatoms. The summed E-state index contributed by atoms with van der Waals surface area (Å²) in [7, 11) is 1.60. The van der Waals surface area contributed by atoms with Crippen molar-refractivity contribution in [3.8, 4) is 5.75 Å². The molecule has 1 atom stereocenters. The topological polar surface area (TPSA) is 42.4 Å². The zero-order valence-corrected chi connectivity index (χ0v) is 13.7. The van der Waals surface area contributed by atoms with Gasteiger partial charge >= 0.3 is 0 Å². The van der Waals surface area contributed by atoms with Crippen LogP contribution in [0.3, 0.4) is 0 Å². The highest BCUT2D eigenvalue weighted by atomic mass is 79.9. The van der Waals surface area contributed by atoms with Crippen molar-refractivity contribution in [2.45, 2.75) is 12.5 Å². The van der Waals surface area contributed by atoms with Crippen molar-refractivity contribution in [2.24, 2.45) is 0 Å². The minimum absolute atomic E-state index is 0.351. The van der Waals surface area contributed by atoms with Gasteiger partial charge in [-0.3, -0.25) is 4.98 Å². The third-order valence-corrected chi connectivity index (χ3v) is 4.10. The second-order valence-corrected chi connectivity index (χ2v) is 5.90. The standard InChI is InChI=1S/C14H12BrCl2NO2/c1-20-10-2-3-11(15)8(4-10)5-13(19)14-12(17)6-9(16)7-18-14/h2-4,6-7,13,19H,5H2,1H3. The Morgan fingerprint density at radius 3 is 2.75 bits per heavy atom. The summed E-state index contributed by atoms with van der Waals surface area (Å²) < 4.78 is 6.07. The molecule has 0 radical (unpaired) electrons. The summed E-state index contributed by atoms with van der Waals surface area (Å²) in [4.78, 5) is 4.09. The van der Waals surface area contributed by atoms with Gasteiger partial charge in [0.1, 0.15) is 11.9 Å². The summed E-state index contributed by atoms with van der Waals surface area (Å²) in [5, 5.41) is 11.1. The number of aliphatic hydroxyl groups excluding tert-OH is 1. The van der Waals surface area contributed by atoms with Gasteiger partial charge in [0.05, 0.1) is 22.8 Å². The molecule has 20 heavy (non-hydrogen) atoms. The molecule has 0 saturated heterocycles. The van der Waals surface area contributed by atoms with Gasteiger partial charge < -0.3 is 9.84 Å². The number of pyridine rings is 1. The zero-order chi connectivity index (χ0) is 14.7. The van der Waals surface area contributed by atoms with Crippen LogP contribution in [0.4, 0.5) is 0 Å². The van der Waals surface area contributed by atoms with E-state index in [0.29, 0.717) is 22.2 Å². The largest absolute Gasteiger partial charge is 0.497 e. The number of hydrogen-bond acceptors (Lipinski definition) is 3. The second-order valence-electron chi connectivity index (χ2n) is 4.20. The number of aliphatic hydroxyl groups is 1. The van der Waals surface area contributed by atoms with Gasteiger partial charge in [-0.15, -0.1) is 0 Å². The van der Waals surface area contributed by atoms with Gasteiger partial charge in [0.25, 0.3) is 0 Å². The maximum absolute atomic E-state index is 10.3. The lowest BCUT2D eigenvalue weighted by Gasteiger charge is -2.14. The van der Waals surface area contributed by atoms with Crippen LogP contribution in [0.5, 0.6) is 5.75 Å². The number of rotatable bonds is 4. The molecule has 0 amide bonds. The van der Waals surface area contributed by atoms with E-state index in [1.807, 2.05) is 18.2 Å². The molecule has 0 aliphatic rings. The zero-order valence-electron chi connectivity index (χ0n) is 10.6. The number of methoxy groups -OCH3 is 1. The molecule has 0 aliphatic heterocycles. The van der Waals surface area contributed by atoms with E-state index in [2.05, 4.69) is 20.9 Å². The Kier molecular flexibility index (Phi) is 5.27. The Morgan fingerprint density at radius 2 is 2.10 bits per heavy atom. The third kappa shape index (κ3) is 3.64. The Bertz CT molecular complexity index is 622. The van der Waals surface area contributed by atoms with Gasteiger partial charge in [-0.25, -0.2) is 0 Å². The van der Waals surface area contributed by atoms with Crippen molar-refractivity contribution in [1.29, 1.82) is 0 Å². The normalized spacial score (nSPS) is 12.2. The summed E-state index contributed by atoms with van der Waals surface area (Å²) in [6.07, 6.45) is 1.02. The molecule has 3 nitrogen and oxygen atoms in total. The summed E-state index contributed by atoms with van der Waals surface area (Å²) >= 11 is 15.3. The average molecular weight is 377 g/mol. The number of aromatic nitrogens is 1. The fourth-order valence-corrected chi connectivity index (χ4v) is 2.72. The van der Waals surface area contributed by atoms with E-state index >= 15 is 0 Å². The first kappa shape index (κ1) is 15.6. The molecule has 106 valence electrons. The van der Waals surface area contributed by atoms with Crippen molar-refractivity contribution in [3.63, 3.8) is 0 Å². The predicted molar refractivity (Wildman–Crippen MR) is 83.6 cm³/mol. The van der Waals surface area contributed by atoms with Crippen LogP contribution in [0, 0.1) is 0 Å². The number of benzene rings is 1. The number of halogens is 3. The predicted octanol–water partition coefficient (Wildman–Crippen LogP) is 4.44. The van der Waals surface area contributed by atoms with Crippen LogP contribution in [0.1, 0.15) is 17.4 Å². The molecule has 1 aromatic heterocycles. The Morgan fingerprint density at radius 1 is 1.35 bits per heavy atom. The lowest BCUT2D eigenvalue weighted by Crippen LogP contribution is -2.05. The first-order valence-electron chi connectivity index (χ1n) is 5.82. The molecule has 1 N–H and O–H groups in total. The smallest absolute Gasteiger partial charge is 0.119 e. The first-order chi connectivity index (χ1) is 9.51. The van der Waals surface area contributed by atoms with Crippen LogP contribution >= 0.6 is 39.1 Å². The second kappa shape index (κ2) is 6.76. The fraction of sp³-hybridized carbons (Fsp3) is 0.214. The first-order valence-corrected chi connectivity index (χ1v) is 7.37. The highest BCUT2D eigenvalue weighted by molar-refractivity contribution is 9.10. The molecule has 0 fully saturated rings. The van der Waals surface area contributed by atoms with E-state index in [4.69, 9.17) is 27.9 Å². The van der Waals surface area contributed by atoms with E-state index in [0.717, 1.165) is 15.8 Å². The third-order valence-electron chi connectivity index (χ3n) is 2.82. The van der Waals surface area contributed by atoms with Crippen molar-refractivity contribution < 1.29 is 9.84 Å². The van der Waals surface area contributed by atoms with E-state index in [1.54, 1.807) is 13.2 Å². The molecule has 0 spiro atoms. The van der Waals surface area contributed by atoms with Gasteiger partial charge in [0.15, 0.2) is 0 Å².